The zero-order chi connectivity index (χ0) is 18.5. The van der Waals surface area contributed by atoms with E-state index in [1.54, 1.807) is 6.07 Å². The first kappa shape index (κ1) is 17.2. The van der Waals surface area contributed by atoms with Crippen molar-refractivity contribution in [1.82, 2.24) is 0 Å². The Labute approximate surface area is 149 Å². The van der Waals surface area contributed by atoms with Crippen molar-refractivity contribution in [1.29, 1.82) is 0 Å². The van der Waals surface area contributed by atoms with Crippen molar-refractivity contribution in [3.8, 4) is 5.75 Å². The first-order valence-corrected chi connectivity index (χ1v) is 7.88. The van der Waals surface area contributed by atoms with Gasteiger partial charge in [-0.2, -0.15) is 0 Å². The number of benzene rings is 3. The number of hydrogen-bond acceptors (Lipinski definition) is 5. The molecule has 0 atom stereocenters. The van der Waals surface area contributed by atoms with Crippen LogP contribution in [0.4, 0.5) is 11.4 Å². The van der Waals surface area contributed by atoms with Crippen LogP contribution in [-0.2, 0) is 0 Å². The third kappa shape index (κ3) is 3.54. The molecular weight excluding hydrogens is 332 g/mol. The summed E-state index contributed by atoms with van der Waals surface area (Å²) in [5, 5.41) is 15.6. The molecule has 1 N–H and O–H groups in total. The van der Waals surface area contributed by atoms with Gasteiger partial charge in [0.05, 0.1) is 23.8 Å². The second-order valence-electron chi connectivity index (χ2n) is 5.51. The monoisotopic (exact) mass is 348 g/mol. The van der Waals surface area contributed by atoms with E-state index in [-0.39, 0.29) is 11.5 Å². The van der Waals surface area contributed by atoms with E-state index in [4.69, 9.17) is 4.74 Å². The van der Waals surface area contributed by atoms with Crippen molar-refractivity contribution in [2.24, 2.45) is 0 Å². The van der Waals surface area contributed by atoms with E-state index in [1.807, 2.05) is 36.4 Å². The van der Waals surface area contributed by atoms with Crippen LogP contribution >= 0.6 is 0 Å². The molecule has 0 aromatic heterocycles. The summed E-state index contributed by atoms with van der Waals surface area (Å²) in [4.78, 5) is 22.8. The highest BCUT2D eigenvalue weighted by molar-refractivity contribution is 6.13. The molecule has 0 heterocycles. The summed E-state index contributed by atoms with van der Waals surface area (Å²) < 4.78 is 5.15. The molecule has 0 bridgehead atoms. The topological polar surface area (TPSA) is 81.5 Å². The molecule has 0 aliphatic carbocycles. The largest absolute Gasteiger partial charge is 0.494 e. The Balaban J connectivity index is 1.80. The van der Waals surface area contributed by atoms with Crippen LogP contribution in [0.3, 0.4) is 0 Å². The Kier molecular flexibility index (Phi) is 4.94. The number of anilines is 1. The van der Waals surface area contributed by atoms with Crippen LogP contribution in [0.25, 0.3) is 10.8 Å². The average molecular weight is 348 g/mol. The van der Waals surface area contributed by atoms with Crippen molar-refractivity contribution < 1.29 is 14.5 Å². The second kappa shape index (κ2) is 7.48. The first-order valence-electron chi connectivity index (χ1n) is 7.88. The van der Waals surface area contributed by atoms with Gasteiger partial charge in [0.15, 0.2) is 5.78 Å². The number of carbonyl (C=O) groups excluding carboxylic acids is 1. The summed E-state index contributed by atoms with van der Waals surface area (Å²) >= 11 is 0. The molecule has 0 saturated carbocycles. The number of hydrogen-bond donors (Lipinski definition) is 1. The zero-order valence-corrected chi connectivity index (χ0v) is 14.0. The number of ether oxygens (including phenoxy) is 1. The minimum atomic E-state index is -0.494. The predicted octanol–water partition coefficient (Wildman–Crippen LogP) is 4.57. The number of nitro benzene ring substituents is 1. The summed E-state index contributed by atoms with van der Waals surface area (Å²) in [5.41, 5.74) is 1.07. The highest BCUT2D eigenvalue weighted by Crippen LogP contribution is 2.29. The van der Waals surface area contributed by atoms with Crippen molar-refractivity contribution >= 4 is 27.9 Å². The van der Waals surface area contributed by atoms with E-state index in [0.717, 1.165) is 10.8 Å². The van der Waals surface area contributed by atoms with Crippen LogP contribution in [0.15, 0.2) is 72.9 Å². The lowest BCUT2D eigenvalue weighted by Gasteiger charge is -2.07. The molecule has 3 rings (SSSR count). The van der Waals surface area contributed by atoms with Gasteiger partial charge in [0, 0.05) is 23.9 Å². The summed E-state index contributed by atoms with van der Waals surface area (Å²) in [5.74, 6) is 0.177. The molecule has 0 unspecified atom stereocenters. The molecule has 6 nitrogen and oxygen atoms in total. The van der Waals surface area contributed by atoms with Crippen LogP contribution in [0, 0.1) is 10.1 Å². The highest BCUT2D eigenvalue weighted by atomic mass is 16.6. The van der Waals surface area contributed by atoms with Crippen LogP contribution < -0.4 is 10.1 Å². The summed E-state index contributed by atoms with van der Waals surface area (Å²) in [7, 11) is 1.43. The number of ketones is 1. The lowest BCUT2D eigenvalue weighted by Crippen LogP contribution is -1.99. The third-order valence-electron chi connectivity index (χ3n) is 3.92. The number of nitrogens with one attached hydrogen (secondary N) is 1. The molecule has 130 valence electrons. The molecule has 0 fully saturated rings. The summed E-state index contributed by atoms with van der Waals surface area (Å²) in [6, 6.07) is 17.5. The maximum Gasteiger partial charge on any atom is 0.273 e. The number of nitrogens with zero attached hydrogens (tertiary/aromatic N) is 1. The van der Waals surface area contributed by atoms with Gasteiger partial charge in [-0.15, -0.1) is 0 Å². The van der Waals surface area contributed by atoms with E-state index in [1.165, 1.54) is 37.6 Å². The first-order chi connectivity index (χ1) is 12.6. The molecular formula is C20H16N2O4. The third-order valence-corrected chi connectivity index (χ3v) is 3.92. The van der Waals surface area contributed by atoms with Gasteiger partial charge in [-0.3, -0.25) is 14.9 Å². The highest BCUT2D eigenvalue weighted by Gasteiger charge is 2.11. The van der Waals surface area contributed by atoms with Gasteiger partial charge in [0.2, 0.25) is 0 Å². The normalized spacial score (nSPS) is 10.8. The lowest BCUT2D eigenvalue weighted by atomic mass is 10.0. The molecule has 0 saturated heterocycles. The fraction of sp³-hybridized carbons (Fsp3) is 0.0500. The second-order valence-corrected chi connectivity index (χ2v) is 5.51. The lowest BCUT2D eigenvalue weighted by molar-refractivity contribution is -0.384. The molecule has 0 amide bonds. The number of allylic oxidation sites excluding steroid dienone is 1. The SMILES string of the molecule is COc1cc([N+](=O)[O-])ccc1N/C=C/C(=O)c1cccc2ccccc12. The van der Waals surface area contributed by atoms with E-state index < -0.39 is 4.92 Å². The Morgan fingerprint density at radius 3 is 2.65 bits per heavy atom. The van der Waals surface area contributed by atoms with Crippen LogP contribution in [0.2, 0.25) is 0 Å². The van der Waals surface area contributed by atoms with Crippen molar-refractivity contribution in [2.45, 2.75) is 0 Å². The van der Waals surface area contributed by atoms with E-state index in [2.05, 4.69) is 5.32 Å². The molecule has 0 spiro atoms. The van der Waals surface area contributed by atoms with Gasteiger partial charge in [0.25, 0.3) is 5.69 Å². The Morgan fingerprint density at radius 1 is 1.12 bits per heavy atom. The molecule has 6 heteroatoms. The van der Waals surface area contributed by atoms with E-state index in [0.29, 0.717) is 17.0 Å². The summed E-state index contributed by atoms with van der Waals surface area (Å²) in [6.45, 7) is 0. The minimum Gasteiger partial charge on any atom is -0.494 e. The molecule has 0 radical (unpaired) electrons. The van der Waals surface area contributed by atoms with E-state index in [9.17, 15) is 14.9 Å². The van der Waals surface area contributed by atoms with Crippen LogP contribution in [0.5, 0.6) is 5.75 Å². The quantitative estimate of drug-likeness (QED) is 0.305. The standard InChI is InChI=1S/C20H16N2O4/c1-26-20-13-15(22(24)25)9-10-18(20)21-12-11-19(23)17-8-4-6-14-5-2-3-7-16(14)17/h2-13,21H,1H3/b12-11+. The molecule has 0 aliphatic heterocycles. The van der Waals surface area contributed by atoms with Gasteiger partial charge >= 0.3 is 0 Å². The van der Waals surface area contributed by atoms with Crippen molar-refractivity contribution in [2.75, 3.05) is 12.4 Å². The van der Waals surface area contributed by atoms with Crippen molar-refractivity contribution in [3.05, 3.63) is 88.6 Å². The number of carbonyl (C=O) groups is 1. The average Bonchev–Trinajstić information content (AvgIpc) is 2.67. The van der Waals surface area contributed by atoms with Gasteiger partial charge in [-0.25, -0.2) is 0 Å². The fourth-order valence-electron chi connectivity index (χ4n) is 2.65. The van der Waals surface area contributed by atoms with Gasteiger partial charge in [-0.05, 0) is 16.8 Å². The van der Waals surface area contributed by atoms with Gasteiger partial charge < -0.3 is 10.1 Å². The smallest absolute Gasteiger partial charge is 0.273 e. The van der Waals surface area contributed by atoms with Gasteiger partial charge in [0.1, 0.15) is 5.75 Å². The van der Waals surface area contributed by atoms with Crippen LogP contribution in [-0.4, -0.2) is 17.8 Å². The minimum absolute atomic E-state index is 0.0665. The number of nitro groups is 1. The van der Waals surface area contributed by atoms with Gasteiger partial charge in [-0.1, -0.05) is 42.5 Å². The Hall–Kier alpha value is -3.67. The Morgan fingerprint density at radius 2 is 1.88 bits per heavy atom. The fourth-order valence-corrected chi connectivity index (χ4v) is 2.65. The summed E-state index contributed by atoms with van der Waals surface area (Å²) in [6.07, 6.45) is 2.91. The predicted molar refractivity (Wildman–Crippen MR) is 101 cm³/mol. The molecule has 0 aliphatic rings. The maximum atomic E-state index is 12.5. The zero-order valence-electron chi connectivity index (χ0n) is 14.0. The van der Waals surface area contributed by atoms with E-state index >= 15 is 0 Å². The number of fused-ring (bicyclic) bond motifs is 1. The maximum absolute atomic E-state index is 12.5. The number of methoxy groups -OCH3 is 1. The molecule has 3 aromatic carbocycles. The van der Waals surface area contributed by atoms with Crippen LogP contribution in [0.1, 0.15) is 10.4 Å². The number of rotatable bonds is 6. The molecule has 3 aromatic rings. The van der Waals surface area contributed by atoms with Crippen molar-refractivity contribution in [3.63, 3.8) is 0 Å². The molecule has 26 heavy (non-hydrogen) atoms. The Bertz CT molecular complexity index is 1010. The number of non-ortho nitro benzene ring substituents is 1.